The number of ether oxygens (including phenoxy) is 2. The first-order chi connectivity index (χ1) is 16.2. The molecule has 3 N–H and O–H groups in total. The Hall–Kier alpha value is -3.70. The largest absolute Gasteiger partial charge is 0.493 e. The molecule has 2 aromatic heterocycles. The molecule has 176 valence electrons. The number of nitrogens with zero attached hydrogens (tertiary/aromatic N) is 1. The van der Waals surface area contributed by atoms with Gasteiger partial charge in [0.05, 0.1) is 25.1 Å². The van der Waals surface area contributed by atoms with Crippen molar-refractivity contribution >= 4 is 57.6 Å². The number of methoxy groups -OCH3 is 2. The number of hydrogen-bond donors (Lipinski definition) is 3. The van der Waals surface area contributed by atoms with Crippen molar-refractivity contribution in [3.63, 3.8) is 0 Å². The molecular formula is C23H22N4O5S2. The number of nitrogens with one attached hydrogen (secondary N) is 3. The number of carbonyl (C=O) groups excluding carboxylic acids is 2. The number of aromatic nitrogens is 2. The summed E-state index contributed by atoms with van der Waals surface area (Å²) in [5.74, 6) is 0.300. The van der Waals surface area contributed by atoms with Gasteiger partial charge in [-0.15, -0.1) is 0 Å². The quantitative estimate of drug-likeness (QED) is 0.347. The lowest BCUT2D eigenvalue weighted by Gasteiger charge is -2.11. The lowest BCUT2D eigenvalue weighted by molar-refractivity contribution is 0.0947. The summed E-state index contributed by atoms with van der Waals surface area (Å²) >= 11 is 6.59. The molecular weight excluding hydrogens is 476 g/mol. The van der Waals surface area contributed by atoms with Crippen molar-refractivity contribution in [2.24, 2.45) is 0 Å². The lowest BCUT2D eigenvalue weighted by atomic mass is 10.1. The molecule has 0 saturated carbocycles. The van der Waals surface area contributed by atoms with Crippen LogP contribution in [0, 0.1) is 3.95 Å². The highest BCUT2D eigenvalue weighted by Crippen LogP contribution is 2.30. The third kappa shape index (κ3) is 4.27. The zero-order valence-corrected chi connectivity index (χ0v) is 20.5. The van der Waals surface area contributed by atoms with E-state index in [9.17, 15) is 14.4 Å². The number of fused-ring (bicyclic) bond motifs is 3. The van der Waals surface area contributed by atoms with Gasteiger partial charge in [-0.25, -0.2) is 0 Å². The Morgan fingerprint density at radius 1 is 1.06 bits per heavy atom. The van der Waals surface area contributed by atoms with Crippen molar-refractivity contribution in [1.82, 2.24) is 14.7 Å². The fourth-order valence-corrected chi connectivity index (χ4v) is 4.82. The minimum atomic E-state index is -0.387. The maximum Gasteiger partial charge on any atom is 0.265 e. The molecule has 0 aliphatic heterocycles. The van der Waals surface area contributed by atoms with Crippen molar-refractivity contribution in [3.05, 3.63) is 61.1 Å². The van der Waals surface area contributed by atoms with Gasteiger partial charge >= 0.3 is 0 Å². The molecule has 0 saturated heterocycles. The summed E-state index contributed by atoms with van der Waals surface area (Å²) in [6.45, 7) is 3.69. The number of rotatable bonds is 6. The second kappa shape index (κ2) is 9.27. The van der Waals surface area contributed by atoms with E-state index >= 15 is 0 Å². The molecule has 9 nitrogen and oxygen atoms in total. The number of anilines is 1. The van der Waals surface area contributed by atoms with Gasteiger partial charge in [0.2, 0.25) is 0 Å². The van der Waals surface area contributed by atoms with Crippen LogP contribution < -0.4 is 25.7 Å². The van der Waals surface area contributed by atoms with E-state index in [-0.39, 0.29) is 23.4 Å². The standard InChI is InChI=1S/C23H22N4O5S2/c1-11(2)24-22(30)18-19-26-21(29)14-7-5-12(9-15(14)27(19)23(33)34-18)20(28)25-13-6-8-16(31-3)17(10-13)32-4/h5-11H,1-4H3,(H,24,30)(H,25,28)(H,26,29). The Bertz CT molecular complexity index is 1550. The van der Waals surface area contributed by atoms with E-state index in [2.05, 4.69) is 15.6 Å². The maximum atomic E-state index is 13.0. The summed E-state index contributed by atoms with van der Waals surface area (Å²) in [4.78, 5) is 41.4. The zero-order chi connectivity index (χ0) is 24.6. The van der Waals surface area contributed by atoms with Crippen molar-refractivity contribution in [3.8, 4) is 11.5 Å². The van der Waals surface area contributed by atoms with Gasteiger partial charge in [-0.2, -0.15) is 0 Å². The molecule has 0 atom stereocenters. The molecule has 0 aliphatic carbocycles. The Balaban J connectivity index is 1.79. The van der Waals surface area contributed by atoms with E-state index in [1.54, 1.807) is 40.8 Å². The molecule has 2 amide bonds. The minimum Gasteiger partial charge on any atom is -0.493 e. The van der Waals surface area contributed by atoms with Crippen molar-refractivity contribution in [2.75, 3.05) is 19.5 Å². The monoisotopic (exact) mass is 498 g/mol. The van der Waals surface area contributed by atoms with E-state index in [1.165, 1.54) is 14.2 Å². The number of amides is 2. The molecule has 0 radical (unpaired) electrons. The van der Waals surface area contributed by atoms with Crippen molar-refractivity contribution in [1.29, 1.82) is 0 Å². The van der Waals surface area contributed by atoms with Crippen LogP contribution in [0.15, 0.2) is 41.2 Å². The molecule has 34 heavy (non-hydrogen) atoms. The van der Waals surface area contributed by atoms with Crippen LogP contribution in [0.25, 0.3) is 16.6 Å². The molecule has 0 fully saturated rings. The Morgan fingerprint density at radius 2 is 1.79 bits per heavy atom. The third-order valence-electron chi connectivity index (χ3n) is 5.06. The lowest BCUT2D eigenvalue weighted by Crippen LogP contribution is -2.30. The summed E-state index contributed by atoms with van der Waals surface area (Å²) in [5.41, 5.74) is 1.17. The molecule has 4 aromatic rings. The fraction of sp³-hybridized carbons (Fsp3) is 0.217. The van der Waals surface area contributed by atoms with E-state index in [0.717, 1.165) is 11.3 Å². The third-order valence-corrected chi connectivity index (χ3v) is 6.43. The SMILES string of the molecule is COc1ccc(NC(=O)c2ccc3c(=O)[nH]c4c(C(=O)NC(C)C)sc(=S)n4c3c2)cc1OC. The van der Waals surface area contributed by atoms with Gasteiger partial charge < -0.3 is 25.1 Å². The van der Waals surface area contributed by atoms with Crippen LogP contribution >= 0.6 is 23.6 Å². The van der Waals surface area contributed by atoms with E-state index in [0.29, 0.717) is 48.1 Å². The van der Waals surface area contributed by atoms with Crippen LogP contribution in [0.1, 0.15) is 33.9 Å². The first-order valence-electron chi connectivity index (χ1n) is 10.3. The van der Waals surface area contributed by atoms with Crippen LogP contribution in [-0.2, 0) is 0 Å². The highest BCUT2D eigenvalue weighted by atomic mass is 32.1. The summed E-state index contributed by atoms with van der Waals surface area (Å²) in [6, 6.07) is 9.65. The summed E-state index contributed by atoms with van der Waals surface area (Å²) in [5, 5.41) is 5.97. The predicted octanol–water partition coefficient (Wildman–Crippen LogP) is 3.98. The molecule has 0 unspecified atom stereocenters. The average molecular weight is 499 g/mol. The maximum absolute atomic E-state index is 13.0. The van der Waals surface area contributed by atoms with Crippen molar-refractivity contribution < 1.29 is 19.1 Å². The van der Waals surface area contributed by atoms with Gasteiger partial charge in [0, 0.05) is 23.4 Å². The summed E-state index contributed by atoms with van der Waals surface area (Å²) in [7, 11) is 3.04. The van der Waals surface area contributed by atoms with Crippen LogP contribution in [0.3, 0.4) is 0 Å². The number of benzene rings is 2. The number of hydrogen-bond acceptors (Lipinski definition) is 7. The minimum absolute atomic E-state index is 0.0812. The van der Waals surface area contributed by atoms with E-state index in [4.69, 9.17) is 21.7 Å². The molecule has 0 spiro atoms. The van der Waals surface area contributed by atoms with Crippen LogP contribution in [0.5, 0.6) is 11.5 Å². The summed E-state index contributed by atoms with van der Waals surface area (Å²) in [6.07, 6.45) is 0. The topological polar surface area (TPSA) is 114 Å². The molecule has 2 heterocycles. The molecule has 4 rings (SSSR count). The molecule has 11 heteroatoms. The normalized spacial score (nSPS) is 11.1. The second-order valence-electron chi connectivity index (χ2n) is 7.72. The van der Waals surface area contributed by atoms with E-state index in [1.807, 2.05) is 13.8 Å². The highest BCUT2D eigenvalue weighted by Gasteiger charge is 2.19. The number of carbonyl (C=O) groups is 2. The van der Waals surface area contributed by atoms with E-state index < -0.39 is 0 Å². The summed E-state index contributed by atoms with van der Waals surface area (Å²) < 4.78 is 12.5. The number of H-pyrrole nitrogens is 1. The van der Waals surface area contributed by atoms with Gasteiger partial charge in [0.1, 0.15) is 10.5 Å². The number of aromatic amines is 1. The smallest absolute Gasteiger partial charge is 0.265 e. The highest BCUT2D eigenvalue weighted by molar-refractivity contribution is 7.73. The second-order valence-corrected chi connectivity index (χ2v) is 9.36. The molecule has 2 aromatic carbocycles. The van der Waals surface area contributed by atoms with Gasteiger partial charge in [0.15, 0.2) is 15.5 Å². The van der Waals surface area contributed by atoms with Gasteiger partial charge in [-0.3, -0.25) is 18.8 Å². The fourth-order valence-electron chi connectivity index (χ4n) is 3.53. The Labute approximate surface area is 203 Å². The molecule has 0 bridgehead atoms. The van der Waals surface area contributed by atoms with Gasteiger partial charge in [-0.05, 0) is 56.4 Å². The Kier molecular flexibility index (Phi) is 6.40. The van der Waals surface area contributed by atoms with Crippen LogP contribution in [0.4, 0.5) is 5.69 Å². The van der Waals surface area contributed by atoms with Crippen LogP contribution in [0.2, 0.25) is 0 Å². The average Bonchev–Trinajstić information content (AvgIpc) is 3.14. The molecule has 0 aliphatic rings. The predicted molar refractivity (Wildman–Crippen MR) is 134 cm³/mol. The first-order valence-corrected chi connectivity index (χ1v) is 11.5. The van der Waals surface area contributed by atoms with Gasteiger partial charge in [0.25, 0.3) is 17.4 Å². The van der Waals surface area contributed by atoms with Crippen molar-refractivity contribution in [2.45, 2.75) is 19.9 Å². The Morgan fingerprint density at radius 3 is 2.47 bits per heavy atom. The van der Waals surface area contributed by atoms with Crippen LogP contribution in [-0.4, -0.2) is 41.5 Å². The van der Waals surface area contributed by atoms with Gasteiger partial charge in [-0.1, -0.05) is 11.3 Å². The first kappa shape index (κ1) is 23.5. The zero-order valence-electron chi connectivity index (χ0n) is 18.8. The number of thiazole rings is 1.